The van der Waals surface area contributed by atoms with Gasteiger partial charge in [0, 0.05) is 26.7 Å². The van der Waals surface area contributed by atoms with Crippen LogP contribution in [0.4, 0.5) is 0 Å². The molecule has 3 aromatic heterocycles. The lowest BCUT2D eigenvalue weighted by Gasteiger charge is -2.12. The maximum Gasteiger partial charge on any atom is 0.0901 e. The fraction of sp³-hybridized carbons (Fsp3) is 0.182. The first-order valence-electron chi connectivity index (χ1n) is 17.4. The molecule has 0 saturated heterocycles. The van der Waals surface area contributed by atoms with Crippen LogP contribution in [0.15, 0.2) is 121 Å². The van der Waals surface area contributed by atoms with Gasteiger partial charge in [0.25, 0.3) is 0 Å². The van der Waals surface area contributed by atoms with E-state index in [1.165, 1.54) is 123 Å². The molecule has 9 rings (SSSR count). The predicted octanol–water partition coefficient (Wildman–Crippen LogP) is 13.8. The van der Waals surface area contributed by atoms with Gasteiger partial charge in [0.2, 0.25) is 0 Å². The molecule has 0 aliphatic rings. The van der Waals surface area contributed by atoms with E-state index in [1.807, 2.05) is 22.7 Å². The zero-order valence-corrected chi connectivity index (χ0v) is 28.9. The lowest BCUT2D eigenvalue weighted by Crippen LogP contribution is -2.15. The smallest absolute Gasteiger partial charge is 0.0901 e. The molecule has 3 heterocycles. The molecule has 4 heteroatoms. The first kappa shape index (κ1) is 29.5. The number of hydrogen-bond donors (Lipinski definition) is 1. The third-order valence-corrected chi connectivity index (χ3v) is 12.4. The Morgan fingerprint density at radius 1 is 0.479 bits per heavy atom. The van der Waals surface area contributed by atoms with Crippen LogP contribution in [-0.2, 0) is 0 Å². The molecule has 6 aromatic carbocycles. The molecule has 0 saturated carbocycles. The molecule has 0 aliphatic carbocycles. The van der Waals surface area contributed by atoms with Crippen molar-refractivity contribution in [3.63, 3.8) is 0 Å². The first-order chi connectivity index (χ1) is 23.7. The van der Waals surface area contributed by atoms with E-state index in [9.17, 15) is 0 Å². The average molecular weight is 659 g/mol. The van der Waals surface area contributed by atoms with E-state index < -0.39 is 0 Å². The number of unbranched alkanes of at least 4 members (excludes halogenated alkanes) is 5. The third-order valence-electron chi connectivity index (χ3n) is 9.95. The van der Waals surface area contributed by atoms with Crippen LogP contribution in [0.5, 0.6) is 0 Å². The van der Waals surface area contributed by atoms with E-state index in [-0.39, 0.29) is 0 Å². The van der Waals surface area contributed by atoms with Gasteiger partial charge in [0.05, 0.1) is 20.4 Å². The number of rotatable bonds is 10. The maximum atomic E-state index is 3.92. The maximum absolute atomic E-state index is 3.92. The fourth-order valence-corrected chi connectivity index (χ4v) is 9.97. The normalized spacial score (nSPS) is 12.0. The summed E-state index contributed by atoms with van der Waals surface area (Å²) >= 11 is 3.89. The van der Waals surface area contributed by atoms with E-state index in [1.54, 1.807) is 0 Å². The van der Waals surface area contributed by atoms with Crippen molar-refractivity contribution in [1.29, 1.82) is 0 Å². The second-order valence-electron chi connectivity index (χ2n) is 13.1. The van der Waals surface area contributed by atoms with Crippen molar-refractivity contribution in [2.24, 2.45) is 0 Å². The number of hydrogen-bond acceptors (Lipinski definition) is 3. The highest BCUT2D eigenvalue weighted by Gasteiger charge is 2.22. The van der Waals surface area contributed by atoms with Gasteiger partial charge in [-0.2, -0.15) is 0 Å². The van der Waals surface area contributed by atoms with Gasteiger partial charge in [-0.3, -0.25) is 4.68 Å². The highest BCUT2D eigenvalue weighted by Crippen LogP contribution is 2.47. The van der Waals surface area contributed by atoms with Gasteiger partial charge in [0.1, 0.15) is 0 Å². The molecule has 0 fully saturated rings. The Morgan fingerprint density at radius 2 is 0.938 bits per heavy atom. The van der Waals surface area contributed by atoms with Crippen LogP contribution in [0, 0.1) is 0 Å². The molecule has 0 amide bonds. The summed E-state index contributed by atoms with van der Waals surface area (Å²) in [6, 6.07) is 45.0. The second-order valence-corrected chi connectivity index (χ2v) is 15.2. The molecular weight excluding hydrogens is 621 g/mol. The number of aromatic nitrogens is 1. The standard InChI is InChI=1S/C44H38N2S2/c1-2-3-4-5-6-11-24-45-46-41-37-22-20-35(33-18-16-29-12-7-9-14-31(29)25-33)27-39(37)47-43(41)44-42(46)38-23-21-36(28-40(38)48-44)34-19-17-30-13-8-10-15-32(30)26-34/h7-10,12-23,25-28,45H,2-6,11,24H2,1H3. The summed E-state index contributed by atoms with van der Waals surface area (Å²) in [6.45, 7) is 3.26. The fourth-order valence-electron chi connectivity index (χ4n) is 7.38. The molecule has 0 atom stereocenters. The summed E-state index contributed by atoms with van der Waals surface area (Å²) in [5, 5.41) is 7.80. The van der Waals surface area contributed by atoms with Gasteiger partial charge in [-0.05, 0) is 74.5 Å². The number of benzene rings is 6. The van der Waals surface area contributed by atoms with Crippen molar-refractivity contribution in [2.75, 3.05) is 12.0 Å². The van der Waals surface area contributed by atoms with E-state index in [4.69, 9.17) is 0 Å². The zero-order valence-electron chi connectivity index (χ0n) is 27.3. The van der Waals surface area contributed by atoms with Gasteiger partial charge in [-0.15, -0.1) is 22.7 Å². The predicted molar refractivity (Wildman–Crippen MR) is 214 cm³/mol. The third kappa shape index (κ3) is 5.15. The summed E-state index contributed by atoms with van der Waals surface area (Å²) in [5.74, 6) is 0. The van der Waals surface area contributed by atoms with Crippen LogP contribution < -0.4 is 5.43 Å². The summed E-state index contributed by atoms with van der Waals surface area (Å²) in [7, 11) is 0. The minimum Gasteiger partial charge on any atom is -0.325 e. The van der Waals surface area contributed by atoms with Gasteiger partial charge in [-0.25, -0.2) is 0 Å². The highest BCUT2D eigenvalue weighted by atomic mass is 32.1. The summed E-state index contributed by atoms with van der Waals surface area (Å²) in [5.41, 5.74) is 11.7. The molecule has 0 spiro atoms. The molecule has 1 N–H and O–H groups in total. The average Bonchev–Trinajstić information content (AvgIpc) is 3.78. The first-order valence-corrected chi connectivity index (χ1v) is 19.0. The van der Waals surface area contributed by atoms with E-state index in [0.29, 0.717) is 0 Å². The molecule has 236 valence electrons. The van der Waals surface area contributed by atoms with Crippen LogP contribution in [-0.4, -0.2) is 11.2 Å². The Hall–Kier alpha value is -4.64. The number of fused-ring (bicyclic) bond motifs is 9. The van der Waals surface area contributed by atoms with Crippen molar-refractivity contribution >= 4 is 84.8 Å². The second kappa shape index (κ2) is 12.4. The topological polar surface area (TPSA) is 17.0 Å². The van der Waals surface area contributed by atoms with Crippen molar-refractivity contribution in [2.45, 2.75) is 45.4 Å². The molecule has 9 aromatic rings. The monoisotopic (exact) mass is 658 g/mol. The van der Waals surface area contributed by atoms with Gasteiger partial charge in [0.15, 0.2) is 0 Å². The lowest BCUT2D eigenvalue weighted by atomic mass is 10.0. The molecule has 2 nitrogen and oxygen atoms in total. The van der Waals surface area contributed by atoms with Crippen molar-refractivity contribution in [3.05, 3.63) is 121 Å². The number of nitrogens with zero attached hydrogens (tertiary/aromatic N) is 1. The molecule has 0 aliphatic heterocycles. The summed E-state index contributed by atoms with van der Waals surface area (Å²) in [4.78, 5) is 0. The van der Waals surface area contributed by atoms with Crippen LogP contribution >= 0.6 is 22.7 Å². The number of nitrogens with one attached hydrogen (secondary N) is 1. The molecule has 0 bridgehead atoms. The van der Waals surface area contributed by atoms with Gasteiger partial charge >= 0.3 is 0 Å². The lowest BCUT2D eigenvalue weighted by molar-refractivity contribution is 0.610. The van der Waals surface area contributed by atoms with Crippen molar-refractivity contribution < 1.29 is 0 Å². The summed E-state index contributed by atoms with van der Waals surface area (Å²) < 4.78 is 7.91. The van der Waals surface area contributed by atoms with Crippen LogP contribution in [0.1, 0.15) is 45.4 Å². The highest BCUT2D eigenvalue weighted by molar-refractivity contribution is 7.33. The SMILES string of the molecule is CCCCCCCCNn1c2c3ccc(-c4ccc5ccccc5c4)cc3sc2c2sc3cc(-c4ccc5ccccc5c4)ccc3c21. The molecule has 0 unspecified atom stereocenters. The Morgan fingerprint density at radius 3 is 1.48 bits per heavy atom. The zero-order chi connectivity index (χ0) is 32.0. The minimum absolute atomic E-state index is 0.976. The molecule has 0 radical (unpaired) electrons. The summed E-state index contributed by atoms with van der Waals surface area (Å²) in [6.07, 6.45) is 7.77. The van der Waals surface area contributed by atoms with E-state index >= 15 is 0 Å². The van der Waals surface area contributed by atoms with Crippen LogP contribution in [0.2, 0.25) is 0 Å². The molecule has 48 heavy (non-hydrogen) atoms. The Bertz CT molecular complexity index is 2430. The number of thiophene rings is 2. The Balaban J connectivity index is 1.15. The van der Waals surface area contributed by atoms with E-state index in [2.05, 4.69) is 138 Å². The molecular formula is C44H38N2S2. The van der Waals surface area contributed by atoms with Crippen molar-refractivity contribution in [3.8, 4) is 22.3 Å². The minimum atomic E-state index is 0.976. The Kier molecular flexibility index (Phi) is 7.64. The van der Waals surface area contributed by atoms with E-state index in [0.717, 1.165) is 6.54 Å². The van der Waals surface area contributed by atoms with Crippen molar-refractivity contribution in [1.82, 2.24) is 4.68 Å². The van der Waals surface area contributed by atoms with Crippen LogP contribution in [0.3, 0.4) is 0 Å². The van der Waals surface area contributed by atoms with Crippen LogP contribution in [0.25, 0.3) is 84.4 Å². The largest absolute Gasteiger partial charge is 0.325 e. The quantitative estimate of drug-likeness (QED) is 0.145. The van der Waals surface area contributed by atoms with Gasteiger partial charge < -0.3 is 5.43 Å². The van der Waals surface area contributed by atoms with Gasteiger partial charge in [-0.1, -0.05) is 136 Å². The Labute approximate surface area is 289 Å².